The van der Waals surface area contributed by atoms with E-state index in [2.05, 4.69) is 15.2 Å². The first-order chi connectivity index (χ1) is 10.8. The number of nitrogens with zero attached hydrogens (tertiary/aromatic N) is 2. The van der Waals surface area contributed by atoms with Crippen LogP contribution in [0.5, 0.6) is 0 Å². The summed E-state index contributed by atoms with van der Waals surface area (Å²) in [6.07, 6.45) is 4.29. The molecule has 2 aromatic heterocycles. The van der Waals surface area contributed by atoms with Crippen molar-refractivity contribution in [1.29, 1.82) is 0 Å². The second kappa shape index (κ2) is 6.10. The lowest BCUT2D eigenvalue weighted by Crippen LogP contribution is -2.50. The van der Waals surface area contributed by atoms with Gasteiger partial charge in [-0.2, -0.15) is 0 Å². The van der Waals surface area contributed by atoms with E-state index >= 15 is 0 Å². The lowest BCUT2D eigenvalue weighted by molar-refractivity contribution is 0.0497. The van der Waals surface area contributed by atoms with E-state index < -0.39 is 0 Å². The van der Waals surface area contributed by atoms with Crippen LogP contribution in [0.3, 0.4) is 0 Å². The quantitative estimate of drug-likeness (QED) is 0.936. The van der Waals surface area contributed by atoms with Crippen molar-refractivity contribution in [1.82, 2.24) is 15.2 Å². The van der Waals surface area contributed by atoms with Gasteiger partial charge in [-0.3, -0.25) is 4.79 Å². The zero-order chi connectivity index (χ0) is 14.9. The summed E-state index contributed by atoms with van der Waals surface area (Å²) < 4.78 is 0. The number of aromatic nitrogens is 1. The van der Waals surface area contributed by atoms with Gasteiger partial charge in [-0.05, 0) is 49.2 Å². The molecule has 4 nitrogen and oxygen atoms in total. The average molecular weight is 333 g/mol. The molecule has 5 heterocycles. The van der Waals surface area contributed by atoms with Crippen molar-refractivity contribution in [2.45, 2.75) is 12.8 Å². The molecular formula is C16H19N3OS2. The smallest absolute Gasteiger partial charge is 0.263 e. The monoisotopic (exact) mass is 333 g/mol. The van der Waals surface area contributed by atoms with Gasteiger partial charge in [0.1, 0.15) is 9.88 Å². The molecule has 0 aliphatic carbocycles. The molecule has 0 radical (unpaired) electrons. The maximum atomic E-state index is 12.3. The zero-order valence-corrected chi connectivity index (χ0v) is 14.0. The SMILES string of the molecule is O=C(NCC1CN2CCC1CC2)c1cnc(-c2cccs2)s1. The van der Waals surface area contributed by atoms with Gasteiger partial charge in [0.15, 0.2) is 0 Å². The summed E-state index contributed by atoms with van der Waals surface area (Å²) in [5, 5.41) is 6.09. The highest BCUT2D eigenvalue weighted by atomic mass is 32.1. The second-order valence-electron chi connectivity index (χ2n) is 6.12. The summed E-state index contributed by atoms with van der Waals surface area (Å²) in [5.41, 5.74) is 0. The molecule has 3 aliphatic rings. The van der Waals surface area contributed by atoms with Crippen LogP contribution in [0.1, 0.15) is 22.5 Å². The van der Waals surface area contributed by atoms with Crippen molar-refractivity contribution in [2.75, 3.05) is 26.2 Å². The number of hydrogen-bond acceptors (Lipinski definition) is 5. The van der Waals surface area contributed by atoms with Crippen molar-refractivity contribution in [2.24, 2.45) is 11.8 Å². The van der Waals surface area contributed by atoms with Gasteiger partial charge in [0, 0.05) is 13.1 Å². The van der Waals surface area contributed by atoms with Crippen LogP contribution in [0, 0.1) is 11.8 Å². The molecule has 5 rings (SSSR count). The van der Waals surface area contributed by atoms with Gasteiger partial charge in [-0.25, -0.2) is 4.98 Å². The molecule has 6 heteroatoms. The lowest BCUT2D eigenvalue weighted by atomic mass is 9.79. The topological polar surface area (TPSA) is 45.2 Å². The van der Waals surface area contributed by atoms with E-state index in [0.717, 1.165) is 28.9 Å². The Morgan fingerprint density at radius 3 is 2.95 bits per heavy atom. The molecule has 116 valence electrons. The molecule has 0 spiro atoms. The molecule has 1 unspecified atom stereocenters. The first kappa shape index (κ1) is 14.4. The summed E-state index contributed by atoms with van der Waals surface area (Å²) >= 11 is 3.13. The van der Waals surface area contributed by atoms with Crippen LogP contribution in [-0.4, -0.2) is 42.0 Å². The van der Waals surface area contributed by atoms with Gasteiger partial charge >= 0.3 is 0 Å². The number of nitrogens with one attached hydrogen (secondary N) is 1. The Morgan fingerprint density at radius 2 is 2.27 bits per heavy atom. The normalized spacial score (nSPS) is 27.0. The number of thiazole rings is 1. The van der Waals surface area contributed by atoms with Crippen molar-refractivity contribution >= 4 is 28.6 Å². The molecule has 0 aromatic carbocycles. The maximum Gasteiger partial charge on any atom is 0.263 e. The van der Waals surface area contributed by atoms with Crippen molar-refractivity contribution in [3.05, 3.63) is 28.6 Å². The van der Waals surface area contributed by atoms with Crippen LogP contribution in [0.25, 0.3) is 9.88 Å². The lowest BCUT2D eigenvalue weighted by Gasteiger charge is -2.44. The van der Waals surface area contributed by atoms with E-state index in [0.29, 0.717) is 10.8 Å². The standard InChI is InChI=1S/C16H19N3OS2/c20-15(14-9-18-16(22-14)13-2-1-7-21-13)17-8-12-10-19-5-3-11(12)4-6-19/h1-2,7,9,11-12H,3-6,8,10H2,(H,17,20). The van der Waals surface area contributed by atoms with E-state index in [-0.39, 0.29) is 5.91 Å². The van der Waals surface area contributed by atoms with E-state index in [1.807, 2.05) is 17.5 Å². The van der Waals surface area contributed by atoms with E-state index in [1.165, 1.54) is 37.3 Å². The third kappa shape index (κ3) is 2.83. The molecular weight excluding hydrogens is 314 g/mol. The highest BCUT2D eigenvalue weighted by molar-refractivity contribution is 7.21. The molecule has 1 amide bonds. The maximum absolute atomic E-state index is 12.3. The van der Waals surface area contributed by atoms with Crippen LogP contribution in [0.2, 0.25) is 0 Å². The van der Waals surface area contributed by atoms with Gasteiger partial charge in [-0.1, -0.05) is 6.07 Å². The minimum Gasteiger partial charge on any atom is -0.351 e. The van der Waals surface area contributed by atoms with Gasteiger partial charge in [0.25, 0.3) is 5.91 Å². The van der Waals surface area contributed by atoms with Gasteiger partial charge in [-0.15, -0.1) is 22.7 Å². The summed E-state index contributed by atoms with van der Waals surface area (Å²) in [5.74, 6) is 1.45. The number of carbonyl (C=O) groups excluding carboxylic acids is 1. The third-order valence-electron chi connectivity index (χ3n) is 4.78. The fourth-order valence-corrected chi connectivity index (χ4v) is 5.16. The minimum atomic E-state index is 0.0248. The Kier molecular flexibility index (Phi) is 3.98. The highest BCUT2D eigenvalue weighted by Gasteiger charge is 2.34. The van der Waals surface area contributed by atoms with E-state index in [1.54, 1.807) is 17.5 Å². The molecule has 22 heavy (non-hydrogen) atoms. The summed E-state index contributed by atoms with van der Waals surface area (Å²) in [4.78, 5) is 21.1. The average Bonchev–Trinajstić information content (AvgIpc) is 3.24. The molecule has 1 atom stereocenters. The third-order valence-corrected chi connectivity index (χ3v) is 6.81. The molecule has 2 aromatic rings. The van der Waals surface area contributed by atoms with Gasteiger partial charge in [0.05, 0.1) is 11.1 Å². The summed E-state index contributed by atoms with van der Waals surface area (Å²) in [6, 6.07) is 4.05. The molecule has 1 N–H and O–H groups in total. The van der Waals surface area contributed by atoms with Crippen molar-refractivity contribution < 1.29 is 4.79 Å². The Bertz CT molecular complexity index is 644. The Morgan fingerprint density at radius 1 is 1.41 bits per heavy atom. The van der Waals surface area contributed by atoms with Gasteiger partial charge < -0.3 is 10.2 Å². The zero-order valence-electron chi connectivity index (χ0n) is 12.3. The second-order valence-corrected chi connectivity index (χ2v) is 8.09. The van der Waals surface area contributed by atoms with Crippen molar-refractivity contribution in [3.8, 4) is 9.88 Å². The Balaban J connectivity index is 1.36. The van der Waals surface area contributed by atoms with Crippen LogP contribution in [0.15, 0.2) is 23.7 Å². The predicted octanol–water partition coefficient (Wildman–Crippen LogP) is 2.94. The van der Waals surface area contributed by atoms with Gasteiger partial charge in [0.2, 0.25) is 0 Å². The fourth-order valence-electron chi connectivity index (χ4n) is 3.52. The van der Waals surface area contributed by atoms with E-state index in [9.17, 15) is 4.79 Å². The number of hydrogen-bond donors (Lipinski definition) is 1. The fraction of sp³-hybridized carbons (Fsp3) is 0.500. The van der Waals surface area contributed by atoms with Crippen LogP contribution < -0.4 is 5.32 Å². The number of carbonyl (C=O) groups is 1. The van der Waals surface area contributed by atoms with Crippen molar-refractivity contribution in [3.63, 3.8) is 0 Å². The number of rotatable bonds is 4. The first-order valence-electron chi connectivity index (χ1n) is 7.80. The molecule has 3 saturated heterocycles. The molecule has 2 bridgehead atoms. The number of fused-ring (bicyclic) bond motifs is 3. The molecule has 3 fully saturated rings. The van der Waals surface area contributed by atoms with E-state index in [4.69, 9.17) is 0 Å². The first-order valence-corrected chi connectivity index (χ1v) is 9.49. The number of amides is 1. The Labute approximate surface area is 138 Å². The minimum absolute atomic E-state index is 0.0248. The van der Waals surface area contributed by atoms with Crippen LogP contribution >= 0.6 is 22.7 Å². The predicted molar refractivity (Wildman–Crippen MR) is 90.4 cm³/mol. The molecule has 3 aliphatic heterocycles. The molecule has 0 saturated carbocycles. The summed E-state index contributed by atoms with van der Waals surface area (Å²) in [6.45, 7) is 4.43. The Hall–Kier alpha value is -1.24. The highest BCUT2D eigenvalue weighted by Crippen LogP contribution is 2.32. The van der Waals surface area contributed by atoms with Crippen LogP contribution in [-0.2, 0) is 0 Å². The number of piperidine rings is 3. The largest absolute Gasteiger partial charge is 0.351 e. The number of thiophene rings is 1. The summed E-state index contributed by atoms with van der Waals surface area (Å²) in [7, 11) is 0. The van der Waals surface area contributed by atoms with Crippen LogP contribution in [0.4, 0.5) is 0 Å².